The van der Waals surface area contributed by atoms with Crippen molar-refractivity contribution in [2.45, 2.75) is 19.9 Å². The van der Waals surface area contributed by atoms with Gasteiger partial charge in [-0.15, -0.1) is 22.7 Å². The zero-order valence-electron chi connectivity index (χ0n) is 10.7. The van der Waals surface area contributed by atoms with Crippen LogP contribution in [-0.4, -0.2) is 23.0 Å². The highest BCUT2D eigenvalue weighted by molar-refractivity contribution is 7.14. The van der Waals surface area contributed by atoms with Gasteiger partial charge in [0.2, 0.25) is 0 Å². The zero-order valence-corrected chi connectivity index (χ0v) is 12.3. The van der Waals surface area contributed by atoms with Gasteiger partial charge in [-0.2, -0.15) is 0 Å². The SMILES string of the molecule is CCc1csc(NC(=O)NCc2csc(NC)n2)n1. The summed E-state index contributed by atoms with van der Waals surface area (Å²) >= 11 is 2.93. The molecular weight excluding hydrogens is 282 g/mol. The van der Waals surface area contributed by atoms with Crippen LogP contribution in [0.2, 0.25) is 0 Å². The summed E-state index contributed by atoms with van der Waals surface area (Å²) in [6, 6.07) is -0.268. The van der Waals surface area contributed by atoms with Crippen LogP contribution in [0.5, 0.6) is 0 Å². The number of amides is 2. The molecule has 0 saturated carbocycles. The standard InChI is InChI=1S/C11H15N5OS2/c1-3-7-5-19-11(14-7)16-9(17)13-4-8-6-18-10(12-2)15-8/h5-6H,3-4H2,1-2H3,(H,12,15)(H2,13,14,16,17). The van der Waals surface area contributed by atoms with Crippen molar-refractivity contribution in [3.63, 3.8) is 0 Å². The molecule has 0 saturated heterocycles. The minimum Gasteiger partial charge on any atom is -0.365 e. The molecule has 2 rings (SSSR count). The smallest absolute Gasteiger partial charge is 0.321 e. The topological polar surface area (TPSA) is 78.9 Å². The van der Waals surface area contributed by atoms with Crippen LogP contribution in [0.4, 0.5) is 15.1 Å². The molecule has 2 aromatic heterocycles. The van der Waals surface area contributed by atoms with Gasteiger partial charge in [-0.05, 0) is 6.42 Å². The number of carbonyl (C=O) groups excluding carboxylic acids is 1. The third-order valence-corrected chi connectivity index (χ3v) is 4.05. The third kappa shape index (κ3) is 3.90. The van der Waals surface area contributed by atoms with Crippen LogP contribution >= 0.6 is 22.7 Å². The minimum atomic E-state index is -0.268. The lowest BCUT2D eigenvalue weighted by Crippen LogP contribution is -2.28. The van der Waals surface area contributed by atoms with E-state index in [1.54, 1.807) is 0 Å². The van der Waals surface area contributed by atoms with Gasteiger partial charge in [-0.25, -0.2) is 14.8 Å². The maximum absolute atomic E-state index is 11.7. The van der Waals surface area contributed by atoms with Crippen molar-refractivity contribution in [2.75, 3.05) is 17.7 Å². The number of nitrogens with one attached hydrogen (secondary N) is 3. The van der Waals surface area contributed by atoms with Gasteiger partial charge in [0.05, 0.1) is 17.9 Å². The second-order valence-electron chi connectivity index (χ2n) is 3.70. The second kappa shape index (κ2) is 6.48. The Hall–Kier alpha value is -1.67. The molecule has 2 heterocycles. The average molecular weight is 297 g/mol. The second-order valence-corrected chi connectivity index (χ2v) is 5.42. The van der Waals surface area contributed by atoms with Gasteiger partial charge in [0.25, 0.3) is 0 Å². The van der Waals surface area contributed by atoms with Gasteiger partial charge in [0.15, 0.2) is 10.3 Å². The lowest BCUT2D eigenvalue weighted by atomic mass is 10.4. The van der Waals surface area contributed by atoms with Crippen LogP contribution in [0.15, 0.2) is 10.8 Å². The predicted octanol–water partition coefficient (Wildman–Crippen LogP) is 2.53. The van der Waals surface area contributed by atoms with Crippen molar-refractivity contribution >= 4 is 39.0 Å². The van der Waals surface area contributed by atoms with Crippen LogP contribution in [0.25, 0.3) is 0 Å². The first-order valence-electron chi connectivity index (χ1n) is 5.82. The van der Waals surface area contributed by atoms with Gasteiger partial charge in [-0.1, -0.05) is 6.92 Å². The number of hydrogen-bond donors (Lipinski definition) is 3. The molecule has 0 spiro atoms. The molecule has 0 aliphatic heterocycles. The van der Waals surface area contributed by atoms with Gasteiger partial charge < -0.3 is 10.6 Å². The molecule has 102 valence electrons. The summed E-state index contributed by atoms with van der Waals surface area (Å²) in [6.07, 6.45) is 0.866. The Kier molecular flexibility index (Phi) is 4.69. The molecule has 19 heavy (non-hydrogen) atoms. The molecule has 0 aromatic carbocycles. The van der Waals surface area contributed by atoms with Crippen molar-refractivity contribution in [1.29, 1.82) is 0 Å². The zero-order chi connectivity index (χ0) is 13.7. The Labute approximate surface area is 119 Å². The van der Waals surface area contributed by atoms with Gasteiger partial charge in [-0.3, -0.25) is 5.32 Å². The van der Waals surface area contributed by atoms with Crippen LogP contribution in [0, 0.1) is 0 Å². The Bertz CT molecular complexity index is 551. The van der Waals surface area contributed by atoms with E-state index in [0.717, 1.165) is 22.9 Å². The van der Waals surface area contributed by atoms with Crippen molar-refractivity contribution in [3.05, 3.63) is 22.1 Å². The van der Waals surface area contributed by atoms with Crippen LogP contribution in [-0.2, 0) is 13.0 Å². The fourth-order valence-electron chi connectivity index (χ4n) is 1.34. The van der Waals surface area contributed by atoms with Gasteiger partial charge in [0.1, 0.15) is 0 Å². The monoisotopic (exact) mass is 297 g/mol. The summed E-state index contributed by atoms with van der Waals surface area (Å²) in [6.45, 7) is 2.43. The summed E-state index contributed by atoms with van der Waals surface area (Å²) in [5, 5.41) is 13.7. The Morgan fingerprint density at radius 2 is 1.89 bits per heavy atom. The molecule has 2 aromatic rings. The molecule has 8 heteroatoms. The molecule has 0 bridgehead atoms. The Balaban J connectivity index is 1.81. The van der Waals surface area contributed by atoms with E-state index < -0.39 is 0 Å². The molecule has 3 N–H and O–H groups in total. The molecule has 0 aliphatic carbocycles. The van der Waals surface area contributed by atoms with Crippen molar-refractivity contribution in [1.82, 2.24) is 15.3 Å². The fourth-order valence-corrected chi connectivity index (χ4v) is 2.80. The maximum Gasteiger partial charge on any atom is 0.321 e. The maximum atomic E-state index is 11.7. The van der Waals surface area contributed by atoms with Crippen molar-refractivity contribution in [2.24, 2.45) is 0 Å². The Morgan fingerprint density at radius 1 is 1.21 bits per heavy atom. The van der Waals surface area contributed by atoms with E-state index in [2.05, 4.69) is 25.9 Å². The normalized spacial score (nSPS) is 10.2. The molecule has 6 nitrogen and oxygen atoms in total. The largest absolute Gasteiger partial charge is 0.365 e. The summed E-state index contributed by atoms with van der Waals surface area (Å²) in [5.41, 5.74) is 1.82. The third-order valence-electron chi connectivity index (χ3n) is 2.33. The molecule has 2 amide bonds. The highest BCUT2D eigenvalue weighted by Gasteiger charge is 2.06. The first-order chi connectivity index (χ1) is 9.21. The van der Waals surface area contributed by atoms with E-state index in [0.29, 0.717) is 11.7 Å². The molecular formula is C11H15N5OS2. The molecule has 0 unspecified atom stereocenters. The summed E-state index contributed by atoms with van der Waals surface area (Å²) in [5.74, 6) is 0. The number of aromatic nitrogens is 2. The lowest BCUT2D eigenvalue weighted by Gasteiger charge is -2.03. The van der Waals surface area contributed by atoms with E-state index in [9.17, 15) is 4.79 Å². The first kappa shape index (κ1) is 13.8. The number of urea groups is 1. The van der Waals surface area contributed by atoms with Gasteiger partial charge in [0, 0.05) is 17.8 Å². The highest BCUT2D eigenvalue weighted by Crippen LogP contribution is 2.16. The quantitative estimate of drug-likeness (QED) is 0.792. The molecule has 0 radical (unpaired) electrons. The fraction of sp³-hybridized carbons (Fsp3) is 0.364. The molecule has 0 atom stereocenters. The summed E-state index contributed by atoms with van der Waals surface area (Å²) in [4.78, 5) is 20.2. The van der Waals surface area contributed by atoms with Crippen LogP contribution in [0.1, 0.15) is 18.3 Å². The van der Waals surface area contributed by atoms with E-state index in [-0.39, 0.29) is 6.03 Å². The number of thiazole rings is 2. The van der Waals surface area contributed by atoms with E-state index >= 15 is 0 Å². The summed E-state index contributed by atoms with van der Waals surface area (Å²) < 4.78 is 0. The van der Waals surface area contributed by atoms with E-state index in [1.807, 2.05) is 24.7 Å². The average Bonchev–Trinajstić information content (AvgIpc) is 3.04. The predicted molar refractivity (Wildman–Crippen MR) is 79.0 cm³/mol. The number of nitrogens with zero attached hydrogens (tertiary/aromatic N) is 2. The molecule has 0 fully saturated rings. The number of rotatable bonds is 5. The summed E-state index contributed by atoms with van der Waals surface area (Å²) in [7, 11) is 1.82. The van der Waals surface area contributed by atoms with Crippen molar-refractivity contribution < 1.29 is 4.79 Å². The van der Waals surface area contributed by atoms with Crippen LogP contribution < -0.4 is 16.0 Å². The number of aryl methyl sites for hydroxylation is 1. The first-order valence-corrected chi connectivity index (χ1v) is 7.58. The number of carbonyl (C=O) groups is 1. The minimum absolute atomic E-state index is 0.268. The Morgan fingerprint density at radius 3 is 2.53 bits per heavy atom. The van der Waals surface area contributed by atoms with E-state index in [4.69, 9.17) is 0 Å². The number of hydrogen-bond acceptors (Lipinski definition) is 6. The number of anilines is 2. The molecule has 0 aliphatic rings. The van der Waals surface area contributed by atoms with Crippen molar-refractivity contribution in [3.8, 4) is 0 Å². The van der Waals surface area contributed by atoms with Crippen LogP contribution in [0.3, 0.4) is 0 Å². The lowest BCUT2D eigenvalue weighted by molar-refractivity contribution is 0.251. The highest BCUT2D eigenvalue weighted by atomic mass is 32.1. The van der Waals surface area contributed by atoms with Gasteiger partial charge >= 0.3 is 6.03 Å². The van der Waals surface area contributed by atoms with E-state index in [1.165, 1.54) is 22.7 Å².